The van der Waals surface area contributed by atoms with Crippen LogP contribution in [-0.2, 0) is 16.1 Å². The standard InChI is InChI=1S/C18H27N3O2/c1-13(2)8-16(10-19)20-18(23)15-9-17(22)21(12-15)11-14-6-4-3-5-7-14/h3-7,13,15-16H,8-12,19H2,1-2H3,(H,20,23). The first kappa shape index (κ1) is 17.5. The Bertz CT molecular complexity index is 530. The molecule has 1 fully saturated rings. The molecular weight excluding hydrogens is 290 g/mol. The van der Waals surface area contributed by atoms with Crippen molar-refractivity contribution >= 4 is 11.8 Å². The van der Waals surface area contributed by atoms with Crippen LogP contribution in [0.1, 0.15) is 32.3 Å². The van der Waals surface area contributed by atoms with Gasteiger partial charge in [-0.05, 0) is 17.9 Å². The molecule has 23 heavy (non-hydrogen) atoms. The Morgan fingerprint density at radius 3 is 2.65 bits per heavy atom. The summed E-state index contributed by atoms with van der Waals surface area (Å²) in [7, 11) is 0. The van der Waals surface area contributed by atoms with E-state index in [0.717, 1.165) is 12.0 Å². The van der Waals surface area contributed by atoms with E-state index in [2.05, 4.69) is 19.2 Å². The zero-order valence-electron chi connectivity index (χ0n) is 14.0. The average Bonchev–Trinajstić information content (AvgIpc) is 2.88. The van der Waals surface area contributed by atoms with Crippen molar-refractivity contribution in [2.45, 2.75) is 39.3 Å². The highest BCUT2D eigenvalue weighted by Crippen LogP contribution is 2.20. The molecule has 0 bridgehead atoms. The minimum Gasteiger partial charge on any atom is -0.352 e. The summed E-state index contributed by atoms with van der Waals surface area (Å²) in [5.74, 6) is 0.197. The van der Waals surface area contributed by atoms with Crippen molar-refractivity contribution in [1.29, 1.82) is 0 Å². The average molecular weight is 317 g/mol. The van der Waals surface area contributed by atoms with Crippen LogP contribution in [0.2, 0.25) is 0 Å². The van der Waals surface area contributed by atoms with E-state index >= 15 is 0 Å². The number of amides is 2. The number of likely N-dealkylation sites (tertiary alicyclic amines) is 1. The van der Waals surface area contributed by atoms with Gasteiger partial charge in [-0.2, -0.15) is 0 Å². The first-order valence-corrected chi connectivity index (χ1v) is 8.31. The number of benzene rings is 1. The first-order valence-electron chi connectivity index (χ1n) is 8.31. The second kappa shape index (κ2) is 8.11. The van der Waals surface area contributed by atoms with Gasteiger partial charge in [-0.15, -0.1) is 0 Å². The van der Waals surface area contributed by atoms with Crippen LogP contribution in [0.5, 0.6) is 0 Å². The number of nitrogens with zero attached hydrogens (tertiary/aromatic N) is 1. The molecule has 0 spiro atoms. The highest BCUT2D eigenvalue weighted by atomic mass is 16.2. The van der Waals surface area contributed by atoms with E-state index in [1.807, 2.05) is 30.3 Å². The zero-order chi connectivity index (χ0) is 16.8. The molecule has 0 aromatic heterocycles. The van der Waals surface area contributed by atoms with E-state index in [1.54, 1.807) is 4.90 Å². The molecule has 2 atom stereocenters. The van der Waals surface area contributed by atoms with Gasteiger partial charge in [0.2, 0.25) is 11.8 Å². The normalized spacial score (nSPS) is 19.2. The fourth-order valence-corrected chi connectivity index (χ4v) is 3.01. The predicted octanol–water partition coefficient (Wildman–Crippen LogP) is 1.52. The lowest BCUT2D eigenvalue weighted by Gasteiger charge is -2.21. The lowest BCUT2D eigenvalue weighted by atomic mass is 10.0. The Labute approximate surface area is 138 Å². The molecule has 126 valence electrons. The fourth-order valence-electron chi connectivity index (χ4n) is 3.01. The maximum atomic E-state index is 12.4. The summed E-state index contributed by atoms with van der Waals surface area (Å²) in [6, 6.07) is 9.84. The van der Waals surface area contributed by atoms with Crippen molar-refractivity contribution in [2.75, 3.05) is 13.1 Å². The molecule has 5 heteroatoms. The van der Waals surface area contributed by atoms with E-state index in [9.17, 15) is 9.59 Å². The third-order valence-electron chi connectivity index (χ3n) is 4.19. The second-order valence-corrected chi connectivity index (χ2v) is 6.73. The molecule has 2 rings (SSSR count). The van der Waals surface area contributed by atoms with E-state index < -0.39 is 0 Å². The third kappa shape index (κ3) is 5.06. The number of hydrogen-bond donors (Lipinski definition) is 2. The molecular formula is C18H27N3O2. The minimum absolute atomic E-state index is 0.0132. The fraction of sp³-hybridized carbons (Fsp3) is 0.556. The van der Waals surface area contributed by atoms with E-state index in [-0.39, 0.29) is 30.2 Å². The van der Waals surface area contributed by atoms with Gasteiger partial charge in [0.05, 0.1) is 5.92 Å². The van der Waals surface area contributed by atoms with Gasteiger partial charge in [-0.25, -0.2) is 0 Å². The van der Waals surface area contributed by atoms with Crippen molar-refractivity contribution in [2.24, 2.45) is 17.6 Å². The Hall–Kier alpha value is -1.88. The summed E-state index contributed by atoms with van der Waals surface area (Å²) in [5.41, 5.74) is 6.82. The number of carbonyl (C=O) groups is 2. The summed E-state index contributed by atoms with van der Waals surface area (Å²) in [4.78, 5) is 26.3. The lowest BCUT2D eigenvalue weighted by Crippen LogP contribution is -2.44. The monoisotopic (exact) mass is 317 g/mol. The van der Waals surface area contributed by atoms with Crippen LogP contribution < -0.4 is 11.1 Å². The van der Waals surface area contributed by atoms with Crippen molar-refractivity contribution < 1.29 is 9.59 Å². The smallest absolute Gasteiger partial charge is 0.225 e. The summed E-state index contributed by atoms with van der Waals surface area (Å²) < 4.78 is 0. The topological polar surface area (TPSA) is 75.4 Å². The summed E-state index contributed by atoms with van der Waals surface area (Å²) in [6.07, 6.45) is 1.15. The molecule has 2 amide bonds. The summed E-state index contributed by atoms with van der Waals surface area (Å²) in [6.45, 7) is 5.69. The number of hydrogen-bond acceptors (Lipinski definition) is 3. The Balaban J connectivity index is 1.89. The SMILES string of the molecule is CC(C)CC(CN)NC(=O)C1CC(=O)N(Cc2ccccc2)C1. The molecule has 0 saturated carbocycles. The Morgan fingerprint density at radius 2 is 2.04 bits per heavy atom. The first-order chi connectivity index (χ1) is 11.0. The highest BCUT2D eigenvalue weighted by molar-refractivity contribution is 5.89. The molecule has 1 saturated heterocycles. The number of nitrogens with two attached hydrogens (primary N) is 1. The molecule has 1 aliphatic rings. The van der Waals surface area contributed by atoms with E-state index in [0.29, 0.717) is 25.6 Å². The van der Waals surface area contributed by atoms with Crippen molar-refractivity contribution in [3.8, 4) is 0 Å². The molecule has 1 aliphatic heterocycles. The van der Waals surface area contributed by atoms with Gasteiger partial charge < -0.3 is 16.0 Å². The van der Waals surface area contributed by atoms with Crippen LogP contribution >= 0.6 is 0 Å². The van der Waals surface area contributed by atoms with Gasteiger partial charge >= 0.3 is 0 Å². The van der Waals surface area contributed by atoms with E-state index in [4.69, 9.17) is 5.73 Å². The van der Waals surface area contributed by atoms with Crippen molar-refractivity contribution in [3.63, 3.8) is 0 Å². The molecule has 1 aromatic carbocycles. The van der Waals surface area contributed by atoms with Crippen molar-refractivity contribution in [3.05, 3.63) is 35.9 Å². The lowest BCUT2D eigenvalue weighted by molar-refractivity contribution is -0.129. The Kier molecular flexibility index (Phi) is 6.16. The molecule has 3 N–H and O–H groups in total. The van der Waals surface area contributed by atoms with Crippen LogP contribution in [-0.4, -0.2) is 35.8 Å². The maximum absolute atomic E-state index is 12.4. The van der Waals surface area contributed by atoms with Crippen molar-refractivity contribution in [1.82, 2.24) is 10.2 Å². The largest absolute Gasteiger partial charge is 0.352 e. The van der Waals surface area contributed by atoms with Gasteiger partial charge in [0.15, 0.2) is 0 Å². The molecule has 1 heterocycles. The summed E-state index contributed by atoms with van der Waals surface area (Å²) >= 11 is 0. The van der Waals surface area contributed by atoms with Crippen LogP contribution in [0.25, 0.3) is 0 Å². The number of rotatable bonds is 7. The van der Waals surface area contributed by atoms with Crippen LogP contribution in [0.3, 0.4) is 0 Å². The predicted molar refractivity (Wildman–Crippen MR) is 90.4 cm³/mol. The molecule has 5 nitrogen and oxygen atoms in total. The van der Waals surface area contributed by atoms with Crippen LogP contribution in [0.4, 0.5) is 0 Å². The molecule has 0 aliphatic carbocycles. The summed E-state index contributed by atoms with van der Waals surface area (Å²) in [5, 5.41) is 3.00. The quantitative estimate of drug-likeness (QED) is 0.801. The third-order valence-corrected chi connectivity index (χ3v) is 4.19. The highest BCUT2D eigenvalue weighted by Gasteiger charge is 2.34. The molecule has 1 aromatic rings. The minimum atomic E-state index is -0.271. The Morgan fingerprint density at radius 1 is 1.35 bits per heavy atom. The zero-order valence-corrected chi connectivity index (χ0v) is 14.0. The van der Waals surface area contributed by atoms with Gasteiger partial charge in [-0.3, -0.25) is 9.59 Å². The number of carbonyl (C=O) groups excluding carboxylic acids is 2. The van der Waals surface area contributed by atoms with Gasteiger partial charge in [0, 0.05) is 32.1 Å². The maximum Gasteiger partial charge on any atom is 0.225 e. The van der Waals surface area contributed by atoms with Gasteiger partial charge in [0.25, 0.3) is 0 Å². The van der Waals surface area contributed by atoms with Crippen LogP contribution in [0, 0.1) is 11.8 Å². The second-order valence-electron chi connectivity index (χ2n) is 6.73. The van der Waals surface area contributed by atoms with Gasteiger partial charge in [-0.1, -0.05) is 44.2 Å². The van der Waals surface area contributed by atoms with Crippen LogP contribution in [0.15, 0.2) is 30.3 Å². The molecule has 2 unspecified atom stereocenters. The molecule has 0 radical (unpaired) electrons. The number of nitrogens with one attached hydrogen (secondary N) is 1. The van der Waals surface area contributed by atoms with Gasteiger partial charge in [0.1, 0.15) is 0 Å². The van der Waals surface area contributed by atoms with E-state index in [1.165, 1.54) is 0 Å².